The minimum absolute atomic E-state index is 0.0925. The van der Waals surface area contributed by atoms with Gasteiger partial charge in [-0.2, -0.15) is 0 Å². The van der Waals surface area contributed by atoms with E-state index in [0.717, 1.165) is 21.5 Å². The number of aromatic hydroxyl groups is 1. The zero-order valence-electron chi connectivity index (χ0n) is 10.1. The van der Waals surface area contributed by atoms with Gasteiger partial charge in [-0.25, -0.2) is 4.90 Å². The summed E-state index contributed by atoms with van der Waals surface area (Å²) in [5.74, 6) is -0.242. The number of thiophene rings is 1. The number of carbonyl (C=O) groups is 2. The first-order chi connectivity index (χ1) is 9.65. The van der Waals surface area contributed by atoms with Crippen LogP contribution in [0.5, 0.6) is 5.75 Å². The lowest BCUT2D eigenvalue weighted by Gasteiger charge is -2.11. The van der Waals surface area contributed by atoms with E-state index in [4.69, 9.17) is 0 Å². The van der Waals surface area contributed by atoms with Crippen LogP contribution < -0.4 is 4.90 Å². The lowest BCUT2D eigenvalue weighted by molar-refractivity contribution is -0.113. The molecule has 3 rings (SSSR count). The maximum absolute atomic E-state index is 12.3. The van der Waals surface area contributed by atoms with Gasteiger partial charge in [0.2, 0.25) is 0 Å². The first-order valence-corrected chi connectivity index (χ1v) is 7.45. The number of phenols is 1. The van der Waals surface area contributed by atoms with Crippen molar-refractivity contribution in [3.05, 3.63) is 51.6 Å². The van der Waals surface area contributed by atoms with Gasteiger partial charge in [0.1, 0.15) is 5.75 Å². The first-order valence-electron chi connectivity index (χ1n) is 5.75. The highest BCUT2D eigenvalue weighted by Gasteiger charge is 2.36. The molecule has 2 aromatic rings. The van der Waals surface area contributed by atoms with Crippen LogP contribution in [0.4, 0.5) is 10.5 Å². The fourth-order valence-electron chi connectivity index (χ4n) is 1.79. The number of amides is 2. The third kappa shape index (κ3) is 2.35. The topological polar surface area (TPSA) is 57.6 Å². The lowest BCUT2D eigenvalue weighted by atomic mass is 10.2. The first kappa shape index (κ1) is 13.0. The Labute approximate surface area is 123 Å². The van der Waals surface area contributed by atoms with Gasteiger partial charge in [0, 0.05) is 4.88 Å². The zero-order valence-corrected chi connectivity index (χ0v) is 11.8. The second-order valence-corrected chi connectivity index (χ2v) is 6.02. The quantitative estimate of drug-likeness (QED) is 0.860. The Bertz CT molecular complexity index is 690. The van der Waals surface area contributed by atoms with Crippen molar-refractivity contribution in [2.45, 2.75) is 0 Å². The molecule has 0 unspecified atom stereocenters. The third-order valence-corrected chi connectivity index (χ3v) is 4.41. The van der Waals surface area contributed by atoms with Crippen LogP contribution in [0.3, 0.4) is 0 Å². The Morgan fingerprint density at radius 1 is 1.10 bits per heavy atom. The van der Waals surface area contributed by atoms with E-state index in [1.807, 2.05) is 17.5 Å². The van der Waals surface area contributed by atoms with Crippen molar-refractivity contribution in [1.82, 2.24) is 0 Å². The third-order valence-electron chi connectivity index (χ3n) is 2.72. The van der Waals surface area contributed by atoms with E-state index >= 15 is 0 Å². The summed E-state index contributed by atoms with van der Waals surface area (Å²) >= 11 is 2.43. The summed E-state index contributed by atoms with van der Waals surface area (Å²) in [5.41, 5.74) is 0.458. The van der Waals surface area contributed by atoms with E-state index < -0.39 is 0 Å². The zero-order chi connectivity index (χ0) is 14.1. The maximum atomic E-state index is 12.3. The molecule has 6 heteroatoms. The molecule has 1 aliphatic rings. The molecule has 0 aliphatic carbocycles. The van der Waals surface area contributed by atoms with Gasteiger partial charge in [-0.05, 0) is 53.5 Å². The molecular formula is C14H9NO3S2. The molecule has 1 aromatic carbocycles. The van der Waals surface area contributed by atoms with E-state index in [0.29, 0.717) is 10.6 Å². The Balaban J connectivity index is 1.93. The van der Waals surface area contributed by atoms with Crippen molar-refractivity contribution in [1.29, 1.82) is 0 Å². The highest BCUT2D eigenvalue weighted by atomic mass is 32.2. The molecule has 0 bridgehead atoms. The Morgan fingerprint density at radius 2 is 1.85 bits per heavy atom. The van der Waals surface area contributed by atoms with E-state index in [1.54, 1.807) is 18.2 Å². The number of rotatable bonds is 2. The van der Waals surface area contributed by atoms with Crippen LogP contribution in [-0.2, 0) is 4.79 Å². The average Bonchev–Trinajstić information content (AvgIpc) is 3.02. The van der Waals surface area contributed by atoms with Gasteiger partial charge in [0.15, 0.2) is 0 Å². The predicted octanol–water partition coefficient (Wildman–Crippen LogP) is 3.69. The molecule has 20 heavy (non-hydrogen) atoms. The number of hydrogen-bond donors (Lipinski definition) is 1. The van der Waals surface area contributed by atoms with Gasteiger partial charge in [-0.1, -0.05) is 6.07 Å². The van der Waals surface area contributed by atoms with Crippen LogP contribution in [0, 0.1) is 0 Å². The second kappa shape index (κ2) is 5.15. The summed E-state index contributed by atoms with van der Waals surface area (Å²) in [7, 11) is 0. The molecule has 1 aromatic heterocycles. The van der Waals surface area contributed by atoms with Crippen LogP contribution in [0.1, 0.15) is 4.88 Å². The van der Waals surface area contributed by atoms with E-state index in [1.165, 1.54) is 23.5 Å². The Hall–Kier alpha value is -2.05. The highest BCUT2D eigenvalue weighted by molar-refractivity contribution is 8.19. The van der Waals surface area contributed by atoms with Crippen LogP contribution in [-0.4, -0.2) is 16.3 Å². The molecular weight excluding hydrogens is 294 g/mol. The van der Waals surface area contributed by atoms with Crippen LogP contribution in [0.2, 0.25) is 0 Å². The summed E-state index contributed by atoms with van der Waals surface area (Å²) in [5, 5.41) is 10.8. The average molecular weight is 303 g/mol. The summed E-state index contributed by atoms with van der Waals surface area (Å²) in [6.07, 6.45) is 1.72. The number of phenolic OH excluding ortho intramolecular Hbond substituents is 1. The standard InChI is InChI=1S/C14H9NO3S2/c16-10-5-3-9(4-6-10)15-13(17)12(20-14(15)18)8-11-2-1-7-19-11/h1-8,16H/b12-8+. The molecule has 0 saturated carbocycles. The van der Waals surface area contributed by atoms with E-state index in [9.17, 15) is 14.7 Å². The molecule has 4 nitrogen and oxygen atoms in total. The molecule has 2 heterocycles. The summed E-state index contributed by atoms with van der Waals surface area (Å²) in [6.45, 7) is 0. The molecule has 0 radical (unpaired) electrons. The second-order valence-electron chi connectivity index (χ2n) is 4.05. The van der Waals surface area contributed by atoms with Gasteiger partial charge >= 0.3 is 0 Å². The molecule has 1 aliphatic heterocycles. The van der Waals surface area contributed by atoms with Crippen molar-refractivity contribution in [2.24, 2.45) is 0 Å². The molecule has 100 valence electrons. The number of nitrogens with zero attached hydrogens (tertiary/aromatic N) is 1. The van der Waals surface area contributed by atoms with Crippen LogP contribution in [0.15, 0.2) is 46.7 Å². The van der Waals surface area contributed by atoms with E-state index in [2.05, 4.69) is 0 Å². The Morgan fingerprint density at radius 3 is 2.50 bits per heavy atom. The number of imide groups is 1. The summed E-state index contributed by atoms with van der Waals surface area (Å²) < 4.78 is 0. The summed E-state index contributed by atoms with van der Waals surface area (Å²) in [6, 6.07) is 9.75. The highest BCUT2D eigenvalue weighted by Crippen LogP contribution is 2.36. The van der Waals surface area contributed by atoms with Gasteiger partial charge < -0.3 is 5.11 Å². The number of hydrogen-bond acceptors (Lipinski definition) is 5. The van der Waals surface area contributed by atoms with Crippen LogP contribution >= 0.6 is 23.1 Å². The van der Waals surface area contributed by atoms with Crippen molar-refractivity contribution in [2.75, 3.05) is 4.90 Å². The smallest absolute Gasteiger partial charge is 0.298 e. The van der Waals surface area contributed by atoms with Crippen LogP contribution in [0.25, 0.3) is 6.08 Å². The predicted molar refractivity (Wildman–Crippen MR) is 80.9 cm³/mol. The van der Waals surface area contributed by atoms with Crippen molar-refractivity contribution >= 4 is 46.0 Å². The van der Waals surface area contributed by atoms with Gasteiger partial charge in [0.25, 0.3) is 11.1 Å². The number of anilines is 1. The van der Waals surface area contributed by atoms with Gasteiger partial charge in [-0.3, -0.25) is 9.59 Å². The largest absolute Gasteiger partial charge is 0.508 e. The van der Waals surface area contributed by atoms with Crippen molar-refractivity contribution in [3.63, 3.8) is 0 Å². The maximum Gasteiger partial charge on any atom is 0.298 e. The number of benzene rings is 1. The molecule has 2 amide bonds. The SMILES string of the molecule is O=C1S/C(=C/c2cccs2)C(=O)N1c1ccc(O)cc1. The molecule has 1 saturated heterocycles. The minimum Gasteiger partial charge on any atom is -0.508 e. The van der Waals surface area contributed by atoms with E-state index in [-0.39, 0.29) is 16.9 Å². The molecule has 0 atom stereocenters. The number of carbonyl (C=O) groups excluding carboxylic acids is 2. The fourth-order valence-corrected chi connectivity index (χ4v) is 3.36. The molecule has 1 N–H and O–H groups in total. The van der Waals surface area contributed by atoms with Gasteiger partial charge in [-0.15, -0.1) is 11.3 Å². The summed E-state index contributed by atoms with van der Waals surface area (Å²) in [4.78, 5) is 26.7. The van der Waals surface area contributed by atoms with Crippen molar-refractivity contribution in [3.8, 4) is 5.75 Å². The normalized spacial score (nSPS) is 17.2. The lowest BCUT2D eigenvalue weighted by Crippen LogP contribution is -2.27. The fraction of sp³-hybridized carbons (Fsp3) is 0. The monoisotopic (exact) mass is 303 g/mol. The minimum atomic E-state index is -0.334. The number of thioether (sulfide) groups is 1. The molecule has 1 fully saturated rings. The Kier molecular flexibility index (Phi) is 3.33. The van der Waals surface area contributed by atoms with Crippen molar-refractivity contribution < 1.29 is 14.7 Å². The molecule has 0 spiro atoms. The van der Waals surface area contributed by atoms with Gasteiger partial charge in [0.05, 0.1) is 10.6 Å².